The number of esters is 1. The van der Waals surface area contributed by atoms with Gasteiger partial charge in [0.25, 0.3) is 5.91 Å². The summed E-state index contributed by atoms with van der Waals surface area (Å²) in [6.45, 7) is -2.54. The lowest BCUT2D eigenvalue weighted by atomic mass is 10.1. The Morgan fingerprint density at radius 2 is 2.04 bits per heavy atom. The molecule has 1 aromatic carbocycles. The van der Waals surface area contributed by atoms with Crippen LogP contribution in [0.3, 0.4) is 0 Å². The summed E-state index contributed by atoms with van der Waals surface area (Å²) in [6, 6.07) is 8.12. The molecule has 3 aromatic rings. The fourth-order valence-electron chi connectivity index (χ4n) is 2.42. The molecule has 0 spiro atoms. The molecule has 27 heavy (non-hydrogen) atoms. The highest BCUT2D eigenvalue weighted by molar-refractivity contribution is 6.02. The van der Waals surface area contributed by atoms with Crippen molar-refractivity contribution in [3.63, 3.8) is 0 Å². The van der Waals surface area contributed by atoms with Crippen molar-refractivity contribution in [2.45, 2.75) is 13.1 Å². The zero-order valence-corrected chi connectivity index (χ0v) is 14.2. The Balaban J connectivity index is 1.70. The number of carbonyl (C=O) groups excluding carboxylic acids is 2. The van der Waals surface area contributed by atoms with Gasteiger partial charge in [0.05, 0.1) is 31.1 Å². The van der Waals surface area contributed by atoms with Crippen molar-refractivity contribution in [2.75, 3.05) is 12.4 Å². The minimum Gasteiger partial charge on any atom is -0.465 e. The van der Waals surface area contributed by atoms with E-state index in [1.165, 1.54) is 24.1 Å². The van der Waals surface area contributed by atoms with Crippen LogP contribution < -0.4 is 5.32 Å². The van der Waals surface area contributed by atoms with E-state index >= 15 is 0 Å². The molecule has 10 heteroatoms. The first-order valence-electron chi connectivity index (χ1n) is 7.81. The zero-order valence-electron chi connectivity index (χ0n) is 14.2. The van der Waals surface area contributed by atoms with Gasteiger partial charge in [-0.1, -0.05) is 18.2 Å². The number of benzene rings is 1. The first kappa shape index (κ1) is 18.2. The van der Waals surface area contributed by atoms with Gasteiger partial charge in [-0.05, 0) is 17.7 Å². The van der Waals surface area contributed by atoms with Crippen LogP contribution in [0, 0.1) is 0 Å². The Labute approximate surface area is 152 Å². The second-order valence-electron chi connectivity index (χ2n) is 5.49. The lowest BCUT2D eigenvalue weighted by Gasteiger charge is -2.07. The molecule has 0 saturated carbocycles. The van der Waals surface area contributed by atoms with Crippen molar-refractivity contribution in [2.24, 2.45) is 0 Å². The molecular weight excluding hydrogens is 360 g/mol. The molecule has 0 unspecified atom stereocenters. The van der Waals surface area contributed by atoms with Gasteiger partial charge in [0.1, 0.15) is 0 Å². The van der Waals surface area contributed by atoms with Crippen molar-refractivity contribution in [1.82, 2.24) is 19.6 Å². The SMILES string of the molecule is COC(=O)c1ccccc1Cn1cc(NC(=O)c2ccn(C(F)F)n2)cn1. The van der Waals surface area contributed by atoms with Gasteiger partial charge in [0.15, 0.2) is 5.69 Å². The highest BCUT2D eigenvalue weighted by Gasteiger charge is 2.15. The smallest absolute Gasteiger partial charge is 0.338 e. The monoisotopic (exact) mass is 375 g/mol. The number of halogens is 2. The number of rotatable bonds is 6. The Morgan fingerprint density at radius 3 is 2.74 bits per heavy atom. The van der Waals surface area contributed by atoms with Gasteiger partial charge in [0.2, 0.25) is 0 Å². The molecule has 2 aromatic heterocycles. The summed E-state index contributed by atoms with van der Waals surface area (Å²) in [5, 5.41) is 10.1. The Bertz CT molecular complexity index is 967. The van der Waals surface area contributed by atoms with E-state index in [0.29, 0.717) is 21.5 Å². The van der Waals surface area contributed by atoms with E-state index in [4.69, 9.17) is 4.74 Å². The molecule has 0 saturated heterocycles. The highest BCUT2D eigenvalue weighted by atomic mass is 19.3. The van der Waals surface area contributed by atoms with Gasteiger partial charge in [-0.15, -0.1) is 0 Å². The molecule has 0 aliphatic rings. The molecule has 0 aliphatic heterocycles. The molecule has 0 bridgehead atoms. The largest absolute Gasteiger partial charge is 0.465 e. The number of aromatic nitrogens is 4. The van der Waals surface area contributed by atoms with E-state index in [-0.39, 0.29) is 12.2 Å². The third kappa shape index (κ3) is 4.17. The molecule has 0 atom stereocenters. The van der Waals surface area contributed by atoms with Crippen molar-refractivity contribution in [3.05, 3.63) is 65.7 Å². The second kappa shape index (κ2) is 7.77. The van der Waals surface area contributed by atoms with Crippen LogP contribution in [0.15, 0.2) is 48.9 Å². The Hall–Kier alpha value is -3.56. The molecule has 0 radical (unpaired) electrons. The van der Waals surface area contributed by atoms with E-state index in [1.807, 2.05) is 0 Å². The number of alkyl halides is 2. The predicted molar refractivity (Wildman–Crippen MR) is 90.5 cm³/mol. The van der Waals surface area contributed by atoms with Crippen LogP contribution in [-0.4, -0.2) is 38.5 Å². The molecular formula is C17H15F2N5O3. The fraction of sp³-hybridized carbons (Fsp3) is 0.176. The fourth-order valence-corrected chi connectivity index (χ4v) is 2.42. The number of amides is 1. The number of ether oxygens (including phenoxy) is 1. The van der Waals surface area contributed by atoms with Crippen LogP contribution in [0.25, 0.3) is 0 Å². The summed E-state index contributed by atoms with van der Waals surface area (Å²) >= 11 is 0. The minimum atomic E-state index is -2.82. The number of hydrogen-bond donors (Lipinski definition) is 1. The minimum absolute atomic E-state index is 0.140. The number of methoxy groups -OCH3 is 1. The van der Waals surface area contributed by atoms with Gasteiger partial charge < -0.3 is 10.1 Å². The third-order valence-electron chi connectivity index (χ3n) is 3.69. The van der Waals surface area contributed by atoms with E-state index in [9.17, 15) is 18.4 Å². The quantitative estimate of drug-likeness (QED) is 0.669. The van der Waals surface area contributed by atoms with Crippen molar-refractivity contribution in [3.8, 4) is 0 Å². The van der Waals surface area contributed by atoms with Gasteiger partial charge in [0, 0.05) is 12.4 Å². The molecule has 2 heterocycles. The normalized spacial score (nSPS) is 10.8. The predicted octanol–water partition coefficient (Wildman–Crippen LogP) is 2.56. The first-order chi connectivity index (χ1) is 13.0. The van der Waals surface area contributed by atoms with Crippen molar-refractivity contribution < 1.29 is 23.1 Å². The molecule has 3 rings (SSSR count). The number of hydrogen-bond acceptors (Lipinski definition) is 5. The van der Waals surface area contributed by atoms with Gasteiger partial charge in [-0.3, -0.25) is 9.48 Å². The summed E-state index contributed by atoms with van der Waals surface area (Å²) in [7, 11) is 1.30. The lowest BCUT2D eigenvalue weighted by molar-refractivity contribution is 0.0560. The maximum Gasteiger partial charge on any atom is 0.338 e. The van der Waals surface area contributed by atoms with Gasteiger partial charge >= 0.3 is 12.5 Å². The molecule has 0 aliphatic carbocycles. The second-order valence-corrected chi connectivity index (χ2v) is 5.49. The zero-order chi connectivity index (χ0) is 19.4. The summed E-state index contributed by atoms with van der Waals surface area (Å²) in [5.74, 6) is -1.09. The molecule has 0 fully saturated rings. The van der Waals surface area contributed by atoms with Crippen LogP contribution >= 0.6 is 0 Å². The van der Waals surface area contributed by atoms with Gasteiger partial charge in [-0.25, -0.2) is 9.48 Å². The van der Waals surface area contributed by atoms with Crippen molar-refractivity contribution >= 4 is 17.6 Å². The topological polar surface area (TPSA) is 91.0 Å². The molecule has 1 amide bonds. The summed E-state index contributed by atoms with van der Waals surface area (Å²) in [5.41, 5.74) is 1.33. The molecule has 8 nitrogen and oxygen atoms in total. The van der Waals surface area contributed by atoms with E-state index in [0.717, 1.165) is 6.20 Å². The molecule has 1 N–H and O–H groups in total. The summed E-state index contributed by atoms with van der Waals surface area (Å²) in [6.07, 6.45) is 3.98. The number of anilines is 1. The lowest BCUT2D eigenvalue weighted by Crippen LogP contribution is -2.13. The maximum atomic E-state index is 12.5. The molecule has 140 valence electrons. The Morgan fingerprint density at radius 1 is 1.26 bits per heavy atom. The summed E-state index contributed by atoms with van der Waals surface area (Å²) < 4.78 is 31.7. The van der Waals surface area contributed by atoms with Gasteiger partial charge in [-0.2, -0.15) is 19.0 Å². The number of nitrogens with one attached hydrogen (secondary N) is 1. The Kier molecular flexibility index (Phi) is 5.25. The summed E-state index contributed by atoms with van der Waals surface area (Å²) in [4.78, 5) is 23.9. The average molecular weight is 375 g/mol. The van der Waals surface area contributed by atoms with Crippen LogP contribution in [0.5, 0.6) is 0 Å². The maximum absolute atomic E-state index is 12.5. The van der Waals surface area contributed by atoms with Crippen molar-refractivity contribution in [1.29, 1.82) is 0 Å². The number of carbonyl (C=O) groups is 2. The van der Waals surface area contributed by atoms with E-state index < -0.39 is 18.4 Å². The standard InChI is InChI=1S/C17H15F2N5O3/c1-27-16(26)13-5-3-2-4-11(13)9-23-10-12(8-20-23)21-15(25)14-6-7-24(22-14)17(18)19/h2-8,10,17H,9H2,1H3,(H,21,25). The highest BCUT2D eigenvalue weighted by Crippen LogP contribution is 2.14. The van der Waals surface area contributed by atoms with E-state index in [2.05, 4.69) is 15.5 Å². The van der Waals surface area contributed by atoms with Crippen LogP contribution in [0.1, 0.15) is 33.0 Å². The van der Waals surface area contributed by atoms with Crippen LogP contribution in [0.4, 0.5) is 14.5 Å². The number of nitrogens with zero attached hydrogens (tertiary/aromatic N) is 4. The third-order valence-corrected chi connectivity index (χ3v) is 3.69. The van der Waals surface area contributed by atoms with Crippen LogP contribution in [-0.2, 0) is 11.3 Å². The van der Waals surface area contributed by atoms with E-state index in [1.54, 1.807) is 30.5 Å². The van der Waals surface area contributed by atoms with Crippen LogP contribution in [0.2, 0.25) is 0 Å². The average Bonchev–Trinajstić information content (AvgIpc) is 3.31. The first-order valence-corrected chi connectivity index (χ1v) is 7.81.